The SMILES string of the molecule is CCN1c2cc(C(=O)NCc3ccc(F)cc3F)ccc2C(=O)N2CCCCC[C@H]21. The molecule has 158 valence electrons. The predicted molar refractivity (Wildman–Crippen MR) is 110 cm³/mol. The molecule has 0 bridgehead atoms. The second kappa shape index (κ2) is 8.42. The van der Waals surface area contributed by atoms with E-state index in [1.54, 1.807) is 18.2 Å². The Morgan fingerprint density at radius 2 is 1.97 bits per heavy atom. The van der Waals surface area contributed by atoms with Crippen LogP contribution in [0.25, 0.3) is 0 Å². The van der Waals surface area contributed by atoms with Gasteiger partial charge in [-0.05, 0) is 50.5 Å². The van der Waals surface area contributed by atoms with Crippen LogP contribution in [-0.2, 0) is 6.54 Å². The van der Waals surface area contributed by atoms with Crippen molar-refractivity contribution in [2.24, 2.45) is 0 Å². The van der Waals surface area contributed by atoms with Gasteiger partial charge in [-0.25, -0.2) is 8.78 Å². The van der Waals surface area contributed by atoms with E-state index < -0.39 is 11.6 Å². The van der Waals surface area contributed by atoms with Crippen LogP contribution in [0.1, 0.15) is 58.9 Å². The van der Waals surface area contributed by atoms with E-state index >= 15 is 0 Å². The number of hydrogen-bond donors (Lipinski definition) is 1. The third-order valence-electron chi connectivity index (χ3n) is 5.94. The number of rotatable bonds is 4. The summed E-state index contributed by atoms with van der Waals surface area (Å²) in [4.78, 5) is 29.9. The molecule has 0 aromatic heterocycles. The summed E-state index contributed by atoms with van der Waals surface area (Å²) < 4.78 is 26.9. The molecule has 2 aromatic rings. The van der Waals surface area contributed by atoms with Crippen LogP contribution < -0.4 is 10.2 Å². The average molecular weight is 413 g/mol. The molecule has 0 unspecified atom stereocenters. The van der Waals surface area contributed by atoms with Gasteiger partial charge in [-0.1, -0.05) is 12.5 Å². The Bertz CT molecular complexity index is 979. The van der Waals surface area contributed by atoms with Crippen molar-refractivity contribution in [2.75, 3.05) is 18.0 Å². The highest BCUT2D eigenvalue weighted by molar-refractivity contribution is 6.04. The molecule has 1 saturated heterocycles. The van der Waals surface area contributed by atoms with Crippen LogP contribution in [0.3, 0.4) is 0 Å². The molecule has 1 fully saturated rings. The molecule has 2 amide bonds. The molecule has 7 heteroatoms. The lowest BCUT2D eigenvalue weighted by molar-refractivity contribution is 0.0656. The fraction of sp³-hybridized carbons (Fsp3) is 0.391. The van der Waals surface area contributed by atoms with E-state index in [1.165, 1.54) is 6.07 Å². The van der Waals surface area contributed by atoms with Crippen LogP contribution >= 0.6 is 0 Å². The lowest BCUT2D eigenvalue weighted by Crippen LogP contribution is -2.55. The number of anilines is 1. The molecule has 0 aliphatic carbocycles. The molecular weight excluding hydrogens is 388 g/mol. The number of nitrogens with one attached hydrogen (secondary N) is 1. The van der Waals surface area contributed by atoms with Crippen LogP contribution in [0.5, 0.6) is 0 Å². The quantitative estimate of drug-likeness (QED) is 0.822. The molecule has 2 aliphatic heterocycles. The van der Waals surface area contributed by atoms with E-state index in [-0.39, 0.29) is 30.1 Å². The normalized spacial score (nSPS) is 18.5. The molecule has 1 N–H and O–H groups in total. The van der Waals surface area contributed by atoms with E-state index in [9.17, 15) is 18.4 Å². The lowest BCUT2D eigenvalue weighted by atomic mass is 10.0. The largest absolute Gasteiger partial charge is 0.351 e. The summed E-state index contributed by atoms with van der Waals surface area (Å²) in [6.45, 7) is 3.49. The molecule has 1 atom stereocenters. The van der Waals surface area contributed by atoms with Gasteiger partial charge >= 0.3 is 0 Å². The number of nitrogens with zero attached hydrogens (tertiary/aromatic N) is 2. The van der Waals surface area contributed by atoms with Crippen molar-refractivity contribution < 1.29 is 18.4 Å². The fourth-order valence-corrected chi connectivity index (χ4v) is 4.38. The van der Waals surface area contributed by atoms with Gasteiger partial charge in [-0.2, -0.15) is 0 Å². The summed E-state index contributed by atoms with van der Waals surface area (Å²) in [6, 6.07) is 8.34. The van der Waals surface area contributed by atoms with Crippen molar-refractivity contribution in [3.05, 3.63) is 64.7 Å². The van der Waals surface area contributed by atoms with Crippen LogP contribution in [-0.4, -0.2) is 36.0 Å². The molecule has 5 nitrogen and oxygen atoms in total. The average Bonchev–Trinajstić information content (AvgIpc) is 2.99. The number of fused-ring (bicyclic) bond motifs is 2. The Balaban J connectivity index is 1.57. The second-order valence-electron chi connectivity index (χ2n) is 7.76. The molecule has 0 spiro atoms. The lowest BCUT2D eigenvalue weighted by Gasteiger charge is -2.44. The van der Waals surface area contributed by atoms with Gasteiger partial charge in [-0.15, -0.1) is 0 Å². The first-order valence-corrected chi connectivity index (χ1v) is 10.4. The minimum Gasteiger partial charge on any atom is -0.351 e. The minimum absolute atomic E-state index is 0.0157. The first-order chi connectivity index (χ1) is 14.5. The van der Waals surface area contributed by atoms with Crippen molar-refractivity contribution in [3.8, 4) is 0 Å². The number of carbonyl (C=O) groups is 2. The molecule has 2 aliphatic rings. The number of amides is 2. The van der Waals surface area contributed by atoms with Gasteiger partial charge in [0, 0.05) is 36.8 Å². The van der Waals surface area contributed by atoms with E-state index in [2.05, 4.69) is 10.2 Å². The molecule has 2 aromatic carbocycles. The summed E-state index contributed by atoms with van der Waals surface area (Å²) in [6.07, 6.45) is 4.13. The Morgan fingerprint density at radius 1 is 1.13 bits per heavy atom. The highest BCUT2D eigenvalue weighted by Gasteiger charge is 2.37. The predicted octanol–water partition coefficient (Wildman–Crippen LogP) is 4.08. The molecule has 30 heavy (non-hydrogen) atoms. The molecule has 0 radical (unpaired) electrons. The first kappa shape index (κ1) is 20.3. The van der Waals surface area contributed by atoms with Gasteiger partial charge in [0.2, 0.25) is 0 Å². The zero-order chi connectivity index (χ0) is 21.3. The zero-order valence-corrected chi connectivity index (χ0v) is 17.0. The van der Waals surface area contributed by atoms with Crippen molar-refractivity contribution >= 4 is 17.5 Å². The molecule has 0 saturated carbocycles. The van der Waals surface area contributed by atoms with Crippen LogP contribution in [0, 0.1) is 11.6 Å². The summed E-state index contributed by atoms with van der Waals surface area (Å²) in [5.74, 6) is -1.71. The third kappa shape index (κ3) is 3.76. The number of hydrogen-bond acceptors (Lipinski definition) is 3. The van der Waals surface area contributed by atoms with Crippen molar-refractivity contribution in [3.63, 3.8) is 0 Å². The van der Waals surface area contributed by atoms with Crippen molar-refractivity contribution in [1.82, 2.24) is 10.2 Å². The van der Waals surface area contributed by atoms with E-state index in [0.717, 1.165) is 56.6 Å². The maximum Gasteiger partial charge on any atom is 0.257 e. The Kier molecular flexibility index (Phi) is 5.70. The number of halogens is 2. The molecule has 2 heterocycles. The Labute approximate surface area is 174 Å². The summed E-state index contributed by atoms with van der Waals surface area (Å²) in [5.41, 5.74) is 1.99. The number of carbonyl (C=O) groups excluding carboxylic acids is 2. The summed E-state index contributed by atoms with van der Waals surface area (Å²) >= 11 is 0. The van der Waals surface area contributed by atoms with Gasteiger partial charge < -0.3 is 15.1 Å². The smallest absolute Gasteiger partial charge is 0.257 e. The third-order valence-corrected chi connectivity index (χ3v) is 5.94. The Morgan fingerprint density at radius 3 is 2.73 bits per heavy atom. The molecule has 4 rings (SSSR count). The highest BCUT2D eigenvalue weighted by Crippen LogP contribution is 2.35. The van der Waals surface area contributed by atoms with Gasteiger partial charge in [-0.3, -0.25) is 9.59 Å². The summed E-state index contributed by atoms with van der Waals surface area (Å²) in [7, 11) is 0. The van der Waals surface area contributed by atoms with Gasteiger partial charge in [0.15, 0.2) is 0 Å². The first-order valence-electron chi connectivity index (χ1n) is 10.4. The van der Waals surface area contributed by atoms with Gasteiger partial charge in [0.25, 0.3) is 11.8 Å². The highest BCUT2D eigenvalue weighted by atomic mass is 19.1. The number of benzene rings is 2. The van der Waals surface area contributed by atoms with E-state index in [4.69, 9.17) is 0 Å². The van der Waals surface area contributed by atoms with Crippen molar-refractivity contribution in [2.45, 2.75) is 45.3 Å². The maximum absolute atomic E-state index is 13.8. The van der Waals surface area contributed by atoms with Crippen LogP contribution in [0.2, 0.25) is 0 Å². The second-order valence-corrected chi connectivity index (χ2v) is 7.76. The van der Waals surface area contributed by atoms with Gasteiger partial charge in [0.05, 0.1) is 11.3 Å². The Hall–Kier alpha value is -2.96. The standard InChI is InChI=1S/C23H25F2N3O2/c1-2-27-20-12-15(22(29)26-14-16-7-9-17(24)13-19(16)25)8-10-18(20)23(30)28-11-5-3-4-6-21(27)28/h7-10,12-13,21H,2-6,11,14H2,1H3,(H,26,29)/t21-/m0/s1. The monoisotopic (exact) mass is 413 g/mol. The molecular formula is C23H25F2N3O2. The summed E-state index contributed by atoms with van der Waals surface area (Å²) in [5, 5.41) is 2.68. The van der Waals surface area contributed by atoms with E-state index in [0.29, 0.717) is 11.1 Å². The van der Waals surface area contributed by atoms with Crippen LogP contribution in [0.4, 0.5) is 14.5 Å². The van der Waals surface area contributed by atoms with Crippen molar-refractivity contribution in [1.29, 1.82) is 0 Å². The van der Waals surface area contributed by atoms with Crippen LogP contribution in [0.15, 0.2) is 36.4 Å². The van der Waals surface area contributed by atoms with E-state index in [1.807, 2.05) is 11.8 Å². The minimum atomic E-state index is -0.697. The van der Waals surface area contributed by atoms with Gasteiger partial charge in [0.1, 0.15) is 17.8 Å². The fourth-order valence-electron chi connectivity index (χ4n) is 4.38. The topological polar surface area (TPSA) is 52.7 Å². The maximum atomic E-state index is 13.8. The zero-order valence-electron chi connectivity index (χ0n) is 17.0.